The lowest BCUT2D eigenvalue weighted by atomic mass is 9.85. The highest BCUT2D eigenvalue weighted by Gasteiger charge is 2.18. The molecule has 1 rings (SSSR count). The standard InChI is InChI=1S/C15H24O2/c1-12-7-5-6-8-14(12)17-11-13(10-16)9-15(2,3)4/h5-8,13,16H,9-11H2,1-4H3. The molecule has 0 fully saturated rings. The summed E-state index contributed by atoms with van der Waals surface area (Å²) in [5.74, 6) is 1.12. The number of benzene rings is 1. The second-order valence-corrected chi connectivity index (χ2v) is 5.89. The summed E-state index contributed by atoms with van der Waals surface area (Å²) < 4.78 is 5.78. The highest BCUT2D eigenvalue weighted by Crippen LogP contribution is 2.25. The van der Waals surface area contributed by atoms with Crippen LogP contribution in [-0.4, -0.2) is 18.3 Å². The van der Waals surface area contributed by atoms with Crippen LogP contribution in [0.1, 0.15) is 32.8 Å². The van der Waals surface area contributed by atoms with Crippen molar-refractivity contribution in [2.45, 2.75) is 34.1 Å². The Bertz CT molecular complexity index is 339. The predicted octanol–water partition coefficient (Wildman–Crippen LogP) is 3.42. The van der Waals surface area contributed by atoms with E-state index in [2.05, 4.69) is 20.8 Å². The minimum absolute atomic E-state index is 0.184. The molecular formula is C15H24O2. The summed E-state index contributed by atoms with van der Waals surface area (Å²) in [6.45, 7) is 9.35. The summed E-state index contributed by atoms with van der Waals surface area (Å²) in [7, 11) is 0. The summed E-state index contributed by atoms with van der Waals surface area (Å²) in [5.41, 5.74) is 1.36. The van der Waals surface area contributed by atoms with Crippen LogP contribution < -0.4 is 4.74 Å². The summed E-state index contributed by atoms with van der Waals surface area (Å²) in [6, 6.07) is 7.98. The van der Waals surface area contributed by atoms with E-state index >= 15 is 0 Å². The molecular weight excluding hydrogens is 212 g/mol. The van der Waals surface area contributed by atoms with Gasteiger partial charge in [-0.05, 0) is 30.4 Å². The lowest BCUT2D eigenvalue weighted by molar-refractivity contribution is 0.125. The van der Waals surface area contributed by atoms with Crippen molar-refractivity contribution < 1.29 is 9.84 Å². The third-order valence-electron chi connectivity index (χ3n) is 2.73. The molecule has 0 saturated carbocycles. The lowest BCUT2D eigenvalue weighted by Crippen LogP contribution is -2.22. The van der Waals surface area contributed by atoms with E-state index in [1.807, 2.05) is 31.2 Å². The van der Waals surface area contributed by atoms with Gasteiger partial charge in [-0.2, -0.15) is 0 Å². The van der Waals surface area contributed by atoms with Crippen molar-refractivity contribution in [1.29, 1.82) is 0 Å². The minimum atomic E-state index is 0.184. The summed E-state index contributed by atoms with van der Waals surface area (Å²) in [6.07, 6.45) is 0.968. The summed E-state index contributed by atoms with van der Waals surface area (Å²) >= 11 is 0. The SMILES string of the molecule is Cc1ccccc1OCC(CO)CC(C)(C)C. The van der Waals surface area contributed by atoms with Gasteiger partial charge in [0.25, 0.3) is 0 Å². The smallest absolute Gasteiger partial charge is 0.122 e. The lowest BCUT2D eigenvalue weighted by Gasteiger charge is -2.24. The number of aliphatic hydroxyl groups excluding tert-OH is 1. The molecule has 1 N–H and O–H groups in total. The van der Waals surface area contributed by atoms with Crippen LogP contribution in [-0.2, 0) is 0 Å². The van der Waals surface area contributed by atoms with Crippen LogP contribution >= 0.6 is 0 Å². The van der Waals surface area contributed by atoms with Crippen LogP contribution in [0.15, 0.2) is 24.3 Å². The molecule has 0 aliphatic carbocycles. The third-order valence-corrected chi connectivity index (χ3v) is 2.73. The van der Waals surface area contributed by atoms with Gasteiger partial charge in [-0.3, -0.25) is 0 Å². The van der Waals surface area contributed by atoms with Gasteiger partial charge in [0.15, 0.2) is 0 Å². The number of para-hydroxylation sites is 1. The largest absolute Gasteiger partial charge is 0.493 e. The Labute approximate surface area is 105 Å². The number of aryl methyl sites for hydroxylation is 1. The Kier molecular flexibility index (Phi) is 5.01. The van der Waals surface area contributed by atoms with E-state index in [-0.39, 0.29) is 17.9 Å². The Balaban J connectivity index is 2.51. The molecule has 2 nitrogen and oxygen atoms in total. The van der Waals surface area contributed by atoms with Gasteiger partial charge in [-0.15, -0.1) is 0 Å². The van der Waals surface area contributed by atoms with Crippen LogP contribution in [0, 0.1) is 18.3 Å². The van der Waals surface area contributed by atoms with Crippen LogP contribution in [0.2, 0.25) is 0 Å². The first-order chi connectivity index (χ1) is 7.92. The first-order valence-corrected chi connectivity index (χ1v) is 6.21. The highest BCUT2D eigenvalue weighted by molar-refractivity contribution is 5.31. The second-order valence-electron chi connectivity index (χ2n) is 5.89. The summed E-state index contributed by atoms with van der Waals surface area (Å²) in [5, 5.41) is 9.36. The maximum absolute atomic E-state index is 9.36. The molecule has 17 heavy (non-hydrogen) atoms. The van der Waals surface area contributed by atoms with Crippen LogP contribution in [0.4, 0.5) is 0 Å². The first-order valence-electron chi connectivity index (χ1n) is 6.21. The number of hydrogen-bond acceptors (Lipinski definition) is 2. The van der Waals surface area contributed by atoms with E-state index in [0.29, 0.717) is 6.61 Å². The average molecular weight is 236 g/mol. The molecule has 96 valence electrons. The Hall–Kier alpha value is -1.02. The van der Waals surface area contributed by atoms with Gasteiger partial charge in [0.2, 0.25) is 0 Å². The number of ether oxygens (including phenoxy) is 1. The Morgan fingerprint density at radius 3 is 2.41 bits per heavy atom. The molecule has 1 atom stereocenters. The van der Waals surface area contributed by atoms with Crippen molar-refractivity contribution in [2.75, 3.05) is 13.2 Å². The molecule has 0 aromatic heterocycles. The zero-order chi connectivity index (χ0) is 12.9. The van der Waals surface area contributed by atoms with Gasteiger partial charge < -0.3 is 9.84 Å². The molecule has 1 aromatic carbocycles. The van der Waals surface area contributed by atoms with Gasteiger partial charge in [0.1, 0.15) is 5.75 Å². The van der Waals surface area contributed by atoms with Crippen molar-refractivity contribution in [3.63, 3.8) is 0 Å². The van der Waals surface area contributed by atoms with Crippen molar-refractivity contribution in [3.05, 3.63) is 29.8 Å². The van der Waals surface area contributed by atoms with E-state index in [4.69, 9.17) is 4.74 Å². The van der Waals surface area contributed by atoms with Crippen LogP contribution in [0.25, 0.3) is 0 Å². The molecule has 2 heteroatoms. The molecule has 0 amide bonds. The van der Waals surface area contributed by atoms with E-state index in [9.17, 15) is 5.11 Å². The predicted molar refractivity (Wildman–Crippen MR) is 71.3 cm³/mol. The van der Waals surface area contributed by atoms with Crippen LogP contribution in [0.5, 0.6) is 5.75 Å². The minimum Gasteiger partial charge on any atom is -0.493 e. The number of hydrogen-bond donors (Lipinski definition) is 1. The quantitative estimate of drug-likeness (QED) is 0.849. The van der Waals surface area contributed by atoms with E-state index < -0.39 is 0 Å². The maximum Gasteiger partial charge on any atom is 0.122 e. The molecule has 0 spiro atoms. The van der Waals surface area contributed by atoms with Gasteiger partial charge >= 0.3 is 0 Å². The summed E-state index contributed by atoms with van der Waals surface area (Å²) in [4.78, 5) is 0. The fourth-order valence-electron chi connectivity index (χ4n) is 1.97. The van der Waals surface area contributed by atoms with E-state index in [0.717, 1.165) is 17.7 Å². The molecule has 0 aliphatic heterocycles. The fraction of sp³-hybridized carbons (Fsp3) is 0.600. The van der Waals surface area contributed by atoms with Crippen molar-refractivity contribution in [2.24, 2.45) is 11.3 Å². The molecule has 1 unspecified atom stereocenters. The van der Waals surface area contributed by atoms with Crippen molar-refractivity contribution in [1.82, 2.24) is 0 Å². The zero-order valence-corrected chi connectivity index (χ0v) is 11.4. The van der Waals surface area contributed by atoms with E-state index in [1.54, 1.807) is 0 Å². The zero-order valence-electron chi connectivity index (χ0n) is 11.4. The van der Waals surface area contributed by atoms with Gasteiger partial charge in [-0.1, -0.05) is 39.0 Å². The highest BCUT2D eigenvalue weighted by atomic mass is 16.5. The fourth-order valence-corrected chi connectivity index (χ4v) is 1.97. The van der Waals surface area contributed by atoms with Crippen molar-refractivity contribution >= 4 is 0 Å². The van der Waals surface area contributed by atoms with Gasteiger partial charge in [-0.25, -0.2) is 0 Å². The average Bonchev–Trinajstić information content (AvgIpc) is 2.24. The van der Waals surface area contributed by atoms with Crippen LogP contribution in [0.3, 0.4) is 0 Å². The molecule has 1 aromatic rings. The molecule has 0 bridgehead atoms. The molecule has 0 radical (unpaired) electrons. The Morgan fingerprint density at radius 1 is 1.24 bits per heavy atom. The second kappa shape index (κ2) is 6.06. The first kappa shape index (κ1) is 14.0. The third kappa shape index (κ3) is 5.22. The monoisotopic (exact) mass is 236 g/mol. The topological polar surface area (TPSA) is 29.5 Å². The molecule has 0 heterocycles. The maximum atomic E-state index is 9.36. The number of aliphatic hydroxyl groups is 1. The van der Waals surface area contributed by atoms with Gasteiger partial charge in [0.05, 0.1) is 6.61 Å². The molecule has 0 aliphatic rings. The normalized spacial score (nSPS) is 13.5. The Morgan fingerprint density at radius 2 is 1.88 bits per heavy atom. The number of rotatable bonds is 5. The molecule has 0 saturated heterocycles. The van der Waals surface area contributed by atoms with Crippen molar-refractivity contribution in [3.8, 4) is 5.75 Å². The van der Waals surface area contributed by atoms with Gasteiger partial charge in [0, 0.05) is 12.5 Å². The van der Waals surface area contributed by atoms with E-state index in [1.165, 1.54) is 0 Å².